The van der Waals surface area contributed by atoms with E-state index in [1.54, 1.807) is 6.20 Å². The van der Waals surface area contributed by atoms with E-state index in [2.05, 4.69) is 32.8 Å². The Morgan fingerprint density at radius 1 is 1.77 bits per heavy atom. The van der Waals surface area contributed by atoms with Gasteiger partial charge in [0.25, 0.3) is 0 Å². The maximum atomic E-state index is 5.62. The van der Waals surface area contributed by atoms with E-state index in [1.165, 1.54) is 0 Å². The Morgan fingerprint density at radius 2 is 2.46 bits per heavy atom. The van der Waals surface area contributed by atoms with E-state index in [1.807, 2.05) is 13.0 Å². The van der Waals surface area contributed by atoms with Gasteiger partial charge in [-0.3, -0.25) is 0 Å². The molecule has 2 nitrogen and oxygen atoms in total. The minimum absolute atomic E-state index is 0.524. The van der Waals surface area contributed by atoms with Crippen molar-refractivity contribution in [2.24, 2.45) is 0 Å². The van der Waals surface area contributed by atoms with Gasteiger partial charge in [0.1, 0.15) is 5.82 Å². The fraction of sp³-hybridized carbons (Fsp3) is 0.222. The van der Waals surface area contributed by atoms with Crippen molar-refractivity contribution >= 4 is 33.3 Å². The van der Waals surface area contributed by atoms with Gasteiger partial charge in [-0.15, -0.1) is 0 Å². The molecule has 4 heteroatoms. The van der Waals surface area contributed by atoms with Crippen molar-refractivity contribution < 1.29 is 0 Å². The molecule has 0 atom stereocenters. The summed E-state index contributed by atoms with van der Waals surface area (Å²) in [6.45, 7) is 6.11. The minimum Gasteiger partial charge on any atom is -0.364 e. The third-order valence-electron chi connectivity index (χ3n) is 1.53. The topological polar surface area (TPSA) is 24.9 Å². The molecule has 0 aromatic carbocycles. The Balaban J connectivity index is 2.77. The summed E-state index contributed by atoms with van der Waals surface area (Å²) in [4.78, 5) is 4.15. The minimum atomic E-state index is 0.524. The molecular weight excluding hydrogens is 251 g/mol. The zero-order valence-corrected chi connectivity index (χ0v) is 9.61. The highest BCUT2D eigenvalue weighted by Gasteiger charge is 2.02. The van der Waals surface area contributed by atoms with E-state index in [0.717, 1.165) is 15.9 Å². The molecule has 0 fully saturated rings. The standard InChI is InChI=1S/C9H10BrClN2/c1-6-3-4-12-9(8(6)10)13-5-7(2)11/h3-4H,2,5H2,1H3,(H,12,13). The van der Waals surface area contributed by atoms with Gasteiger partial charge in [0.2, 0.25) is 0 Å². The average molecular weight is 262 g/mol. The molecule has 1 aromatic rings. The first-order chi connectivity index (χ1) is 6.11. The van der Waals surface area contributed by atoms with E-state index in [-0.39, 0.29) is 0 Å². The van der Waals surface area contributed by atoms with Gasteiger partial charge >= 0.3 is 0 Å². The maximum Gasteiger partial charge on any atom is 0.140 e. The SMILES string of the molecule is C=C(Cl)CNc1nccc(C)c1Br. The summed E-state index contributed by atoms with van der Waals surface area (Å²) in [7, 11) is 0. The molecule has 0 aliphatic rings. The van der Waals surface area contributed by atoms with Crippen molar-refractivity contribution in [3.63, 3.8) is 0 Å². The van der Waals surface area contributed by atoms with E-state index in [0.29, 0.717) is 11.6 Å². The zero-order chi connectivity index (χ0) is 9.84. The highest BCUT2D eigenvalue weighted by atomic mass is 79.9. The molecule has 1 rings (SSSR count). The second-order valence-electron chi connectivity index (χ2n) is 2.66. The summed E-state index contributed by atoms with van der Waals surface area (Å²) in [5.74, 6) is 0.793. The van der Waals surface area contributed by atoms with Crippen LogP contribution in [0.2, 0.25) is 0 Å². The number of anilines is 1. The van der Waals surface area contributed by atoms with Crippen LogP contribution in [0.5, 0.6) is 0 Å². The smallest absolute Gasteiger partial charge is 0.140 e. The van der Waals surface area contributed by atoms with Crippen LogP contribution in [0, 0.1) is 6.92 Å². The van der Waals surface area contributed by atoms with E-state index in [4.69, 9.17) is 11.6 Å². The molecule has 13 heavy (non-hydrogen) atoms. The molecule has 70 valence electrons. The lowest BCUT2D eigenvalue weighted by molar-refractivity contribution is 1.19. The quantitative estimate of drug-likeness (QED) is 0.903. The first-order valence-electron chi connectivity index (χ1n) is 3.79. The number of nitrogens with one attached hydrogen (secondary N) is 1. The number of pyridine rings is 1. The lowest BCUT2D eigenvalue weighted by Gasteiger charge is -2.07. The van der Waals surface area contributed by atoms with Crippen LogP contribution in [0.25, 0.3) is 0 Å². The van der Waals surface area contributed by atoms with Gasteiger partial charge in [0, 0.05) is 11.2 Å². The number of hydrogen-bond acceptors (Lipinski definition) is 2. The Hall–Kier alpha value is -0.540. The van der Waals surface area contributed by atoms with Gasteiger partial charge in [-0.25, -0.2) is 4.98 Å². The number of aryl methyl sites for hydroxylation is 1. The average Bonchev–Trinajstić information content (AvgIpc) is 2.07. The molecule has 1 aromatic heterocycles. The summed E-state index contributed by atoms with van der Waals surface area (Å²) in [6.07, 6.45) is 1.75. The molecular formula is C9H10BrClN2. The van der Waals surface area contributed by atoms with Crippen LogP contribution in [0.1, 0.15) is 5.56 Å². The van der Waals surface area contributed by atoms with Crippen LogP contribution in [0.4, 0.5) is 5.82 Å². The van der Waals surface area contributed by atoms with E-state index < -0.39 is 0 Å². The molecule has 0 radical (unpaired) electrons. The first kappa shape index (κ1) is 10.5. The number of hydrogen-bond donors (Lipinski definition) is 1. The number of halogens is 2. The summed E-state index contributed by atoms with van der Waals surface area (Å²) in [6, 6.07) is 1.94. The number of aromatic nitrogens is 1. The molecule has 1 N–H and O–H groups in total. The van der Waals surface area contributed by atoms with Crippen molar-refractivity contribution in [2.75, 3.05) is 11.9 Å². The maximum absolute atomic E-state index is 5.62. The van der Waals surface area contributed by atoms with Crippen molar-refractivity contribution in [1.29, 1.82) is 0 Å². The van der Waals surface area contributed by atoms with E-state index >= 15 is 0 Å². The largest absolute Gasteiger partial charge is 0.364 e. The monoisotopic (exact) mass is 260 g/mol. The molecule has 0 amide bonds. The van der Waals surface area contributed by atoms with Crippen LogP contribution in [0.15, 0.2) is 28.3 Å². The predicted molar refractivity (Wildman–Crippen MR) is 60.2 cm³/mol. The van der Waals surface area contributed by atoms with Crippen LogP contribution in [-0.2, 0) is 0 Å². The Labute approximate surface area is 91.1 Å². The molecule has 0 saturated carbocycles. The Kier molecular flexibility index (Phi) is 3.75. The lowest BCUT2D eigenvalue weighted by Crippen LogP contribution is -2.03. The second kappa shape index (κ2) is 4.63. The summed E-state index contributed by atoms with van der Waals surface area (Å²) >= 11 is 9.05. The van der Waals surface area contributed by atoms with Crippen LogP contribution < -0.4 is 5.32 Å². The third kappa shape index (κ3) is 3.01. The second-order valence-corrected chi connectivity index (χ2v) is 3.99. The predicted octanol–water partition coefficient (Wildman–Crippen LogP) is 3.32. The van der Waals surface area contributed by atoms with Crippen LogP contribution in [0.3, 0.4) is 0 Å². The number of rotatable bonds is 3. The first-order valence-corrected chi connectivity index (χ1v) is 4.96. The molecule has 0 aliphatic carbocycles. The summed E-state index contributed by atoms with van der Waals surface area (Å²) in [5.41, 5.74) is 1.14. The van der Waals surface area contributed by atoms with Crippen molar-refractivity contribution in [1.82, 2.24) is 4.98 Å². The van der Waals surface area contributed by atoms with Gasteiger partial charge < -0.3 is 5.32 Å². The summed E-state index contributed by atoms with van der Waals surface area (Å²) in [5, 5.41) is 3.63. The molecule has 0 spiro atoms. The highest BCUT2D eigenvalue weighted by molar-refractivity contribution is 9.10. The Bertz CT molecular complexity index is 325. The van der Waals surface area contributed by atoms with E-state index in [9.17, 15) is 0 Å². The van der Waals surface area contributed by atoms with Gasteiger partial charge in [-0.1, -0.05) is 18.2 Å². The fourth-order valence-electron chi connectivity index (χ4n) is 0.843. The van der Waals surface area contributed by atoms with Gasteiger partial charge in [0.15, 0.2) is 0 Å². The van der Waals surface area contributed by atoms with Crippen molar-refractivity contribution in [3.05, 3.63) is 33.9 Å². The Morgan fingerprint density at radius 3 is 3.08 bits per heavy atom. The molecule has 0 saturated heterocycles. The normalized spacial score (nSPS) is 9.77. The van der Waals surface area contributed by atoms with Gasteiger partial charge in [-0.05, 0) is 34.5 Å². The highest BCUT2D eigenvalue weighted by Crippen LogP contribution is 2.23. The molecule has 0 bridgehead atoms. The summed E-state index contributed by atoms with van der Waals surface area (Å²) < 4.78 is 0.966. The van der Waals surface area contributed by atoms with Crippen molar-refractivity contribution in [2.45, 2.75) is 6.92 Å². The van der Waals surface area contributed by atoms with Gasteiger partial charge in [0.05, 0.1) is 11.0 Å². The van der Waals surface area contributed by atoms with Crippen molar-refractivity contribution in [3.8, 4) is 0 Å². The third-order valence-corrected chi connectivity index (χ3v) is 2.66. The fourth-order valence-corrected chi connectivity index (χ4v) is 1.28. The van der Waals surface area contributed by atoms with Crippen LogP contribution >= 0.6 is 27.5 Å². The molecule has 0 aliphatic heterocycles. The van der Waals surface area contributed by atoms with Gasteiger partial charge in [-0.2, -0.15) is 0 Å². The zero-order valence-electron chi connectivity index (χ0n) is 7.27. The van der Waals surface area contributed by atoms with Crippen LogP contribution in [-0.4, -0.2) is 11.5 Å². The number of nitrogens with zero attached hydrogens (tertiary/aromatic N) is 1. The molecule has 0 unspecified atom stereocenters. The molecule has 1 heterocycles. The lowest BCUT2D eigenvalue weighted by atomic mass is 10.3.